The van der Waals surface area contributed by atoms with Gasteiger partial charge in [-0.3, -0.25) is 14.4 Å². The molecule has 0 spiro atoms. The lowest BCUT2D eigenvalue weighted by molar-refractivity contribution is -0.131. The smallest absolute Gasteiger partial charge is 0.227 e. The van der Waals surface area contributed by atoms with Gasteiger partial charge in [0, 0.05) is 43.9 Å². The molecule has 1 aliphatic heterocycles. The van der Waals surface area contributed by atoms with Crippen molar-refractivity contribution < 1.29 is 14.4 Å². The van der Waals surface area contributed by atoms with E-state index in [0.717, 1.165) is 5.56 Å². The molecule has 0 aliphatic carbocycles. The number of amides is 1. The molecule has 1 fully saturated rings. The Hall–Kier alpha value is -1.27. The summed E-state index contributed by atoms with van der Waals surface area (Å²) < 4.78 is 0. The van der Waals surface area contributed by atoms with Crippen molar-refractivity contribution in [1.82, 2.24) is 4.90 Å². The molecule has 0 N–H and O–H groups in total. The molecule has 2 unspecified atom stereocenters. The maximum absolute atomic E-state index is 12.7. The van der Waals surface area contributed by atoms with Crippen LogP contribution in [0.3, 0.4) is 0 Å². The van der Waals surface area contributed by atoms with Crippen LogP contribution in [0.25, 0.3) is 0 Å². The fraction of sp³-hybridized carbons (Fsp3) is 0.471. The maximum Gasteiger partial charge on any atom is 0.227 e. The fourth-order valence-electron chi connectivity index (χ4n) is 2.69. The molecule has 1 amide bonds. The molecule has 0 bridgehead atoms. The molecule has 4 nitrogen and oxygen atoms in total. The van der Waals surface area contributed by atoms with E-state index in [2.05, 4.69) is 0 Å². The normalized spacial score (nSPS) is 20.8. The second-order valence-electron chi connectivity index (χ2n) is 5.64. The molecule has 124 valence electrons. The Balaban J connectivity index is 2.07. The van der Waals surface area contributed by atoms with Gasteiger partial charge in [0.2, 0.25) is 5.91 Å². The fourth-order valence-corrected chi connectivity index (χ4v) is 4.14. The number of rotatable bonds is 6. The van der Waals surface area contributed by atoms with Gasteiger partial charge in [0.15, 0.2) is 10.2 Å². The van der Waals surface area contributed by atoms with Crippen LogP contribution in [0.4, 0.5) is 0 Å². The van der Waals surface area contributed by atoms with Gasteiger partial charge in [0.05, 0.1) is 0 Å². The zero-order valence-corrected chi connectivity index (χ0v) is 15.0. The van der Waals surface area contributed by atoms with Crippen molar-refractivity contribution >= 4 is 39.7 Å². The second-order valence-corrected chi connectivity index (χ2v) is 8.04. The van der Waals surface area contributed by atoms with E-state index in [0.29, 0.717) is 24.5 Å². The Bertz CT molecular complexity index is 576. The predicted octanol–water partition coefficient (Wildman–Crippen LogP) is 2.96. The van der Waals surface area contributed by atoms with Crippen LogP contribution in [0.15, 0.2) is 30.3 Å². The molecule has 23 heavy (non-hydrogen) atoms. The van der Waals surface area contributed by atoms with E-state index in [9.17, 15) is 14.4 Å². The van der Waals surface area contributed by atoms with Crippen molar-refractivity contribution in [1.29, 1.82) is 0 Å². The highest BCUT2D eigenvalue weighted by Crippen LogP contribution is 2.31. The van der Waals surface area contributed by atoms with E-state index < -0.39 is 0 Å². The monoisotopic (exact) mass is 351 g/mol. The zero-order valence-electron chi connectivity index (χ0n) is 13.4. The van der Waals surface area contributed by atoms with Gasteiger partial charge < -0.3 is 4.90 Å². The van der Waals surface area contributed by atoms with Crippen molar-refractivity contribution in [2.24, 2.45) is 5.92 Å². The van der Waals surface area contributed by atoms with Gasteiger partial charge in [-0.15, -0.1) is 0 Å². The second kappa shape index (κ2) is 8.55. The first-order chi connectivity index (χ1) is 11.0. The average molecular weight is 351 g/mol. The summed E-state index contributed by atoms with van der Waals surface area (Å²) in [6.45, 7) is 3.63. The van der Waals surface area contributed by atoms with Crippen LogP contribution in [0.1, 0.15) is 25.8 Å². The topological polar surface area (TPSA) is 54.5 Å². The zero-order chi connectivity index (χ0) is 16.8. The highest BCUT2D eigenvalue weighted by Gasteiger charge is 2.39. The lowest BCUT2D eigenvalue weighted by Crippen LogP contribution is -2.35. The van der Waals surface area contributed by atoms with E-state index in [-0.39, 0.29) is 28.1 Å². The molecule has 1 aromatic rings. The molecule has 0 saturated carbocycles. The van der Waals surface area contributed by atoms with E-state index in [4.69, 9.17) is 0 Å². The summed E-state index contributed by atoms with van der Waals surface area (Å²) in [5.74, 6) is 1.11. The minimum absolute atomic E-state index is 0.0361. The summed E-state index contributed by atoms with van der Waals surface area (Å²) in [5.41, 5.74) is 1.08. The number of nitrogens with zero attached hydrogens (tertiary/aromatic N) is 1. The average Bonchev–Trinajstić information content (AvgIpc) is 2.80. The van der Waals surface area contributed by atoms with Crippen molar-refractivity contribution in [2.75, 3.05) is 11.5 Å². The third-order valence-electron chi connectivity index (χ3n) is 3.79. The first-order valence-corrected chi connectivity index (χ1v) is 9.55. The van der Waals surface area contributed by atoms with Gasteiger partial charge >= 0.3 is 0 Å². The van der Waals surface area contributed by atoms with Crippen LogP contribution in [-0.4, -0.2) is 38.6 Å². The van der Waals surface area contributed by atoms with E-state index >= 15 is 0 Å². The van der Waals surface area contributed by atoms with Crippen LogP contribution < -0.4 is 0 Å². The quantitative estimate of drug-likeness (QED) is 0.789. The Morgan fingerprint density at radius 1 is 1.09 bits per heavy atom. The number of likely N-dealkylation sites (tertiary alicyclic amines) is 1. The highest BCUT2D eigenvalue weighted by molar-refractivity contribution is 8.13. The van der Waals surface area contributed by atoms with Crippen LogP contribution in [-0.2, 0) is 20.9 Å². The highest BCUT2D eigenvalue weighted by atomic mass is 32.2. The molecular formula is C17H21NO3S2. The minimum atomic E-state index is -0.134. The number of carbonyl (C=O) groups excluding carboxylic acids is 3. The van der Waals surface area contributed by atoms with E-state index in [1.54, 1.807) is 6.92 Å². The SMILES string of the molecule is CC(=O)SCC1CC(CSC(C)=O)N(Cc2ccccc2)C1=O. The van der Waals surface area contributed by atoms with Crippen LogP contribution >= 0.6 is 23.5 Å². The van der Waals surface area contributed by atoms with Gasteiger partial charge in [-0.2, -0.15) is 0 Å². The van der Waals surface area contributed by atoms with Crippen LogP contribution in [0.2, 0.25) is 0 Å². The van der Waals surface area contributed by atoms with Crippen molar-refractivity contribution in [3.05, 3.63) is 35.9 Å². The number of hydrogen-bond donors (Lipinski definition) is 0. The summed E-state index contributed by atoms with van der Waals surface area (Å²) in [7, 11) is 0. The Kier molecular flexibility index (Phi) is 6.72. The molecule has 1 saturated heterocycles. The Labute approximate surface area is 145 Å². The maximum atomic E-state index is 12.7. The minimum Gasteiger partial charge on any atom is -0.334 e. The molecule has 2 rings (SSSR count). The van der Waals surface area contributed by atoms with E-state index in [1.165, 1.54) is 30.4 Å². The molecule has 2 atom stereocenters. The summed E-state index contributed by atoms with van der Waals surface area (Å²) >= 11 is 2.47. The Morgan fingerprint density at radius 2 is 1.70 bits per heavy atom. The molecule has 1 heterocycles. The number of benzene rings is 1. The summed E-state index contributed by atoms with van der Waals surface area (Å²) in [4.78, 5) is 37.0. The van der Waals surface area contributed by atoms with Crippen molar-refractivity contribution in [2.45, 2.75) is 32.9 Å². The van der Waals surface area contributed by atoms with Gasteiger partial charge in [-0.05, 0) is 12.0 Å². The van der Waals surface area contributed by atoms with E-state index in [1.807, 2.05) is 35.2 Å². The predicted molar refractivity (Wildman–Crippen MR) is 95.2 cm³/mol. The molecule has 1 aromatic carbocycles. The van der Waals surface area contributed by atoms with Crippen LogP contribution in [0.5, 0.6) is 0 Å². The third kappa shape index (κ3) is 5.39. The molecule has 0 aromatic heterocycles. The lowest BCUT2D eigenvalue weighted by Gasteiger charge is -2.24. The first kappa shape index (κ1) is 18.1. The summed E-state index contributed by atoms with van der Waals surface area (Å²) in [6, 6.07) is 9.91. The Morgan fingerprint density at radius 3 is 2.30 bits per heavy atom. The first-order valence-electron chi connectivity index (χ1n) is 7.58. The largest absolute Gasteiger partial charge is 0.334 e. The molecular weight excluding hydrogens is 330 g/mol. The number of thioether (sulfide) groups is 2. The van der Waals surface area contributed by atoms with Crippen molar-refractivity contribution in [3.63, 3.8) is 0 Å². The lowest BCUT2D eigenvalue weighted by atomic mass is 10.1. The number of carbonyl (C=O) groups is 3. The van der Waals surface area contributed by atoms with Crippen molar-refractivity contribution in [3.8, 4) is 0 Å². The van der Waals surface area contributed by atoms with Gasteiger partial charge in [0.25, 0.3) is 0 Å². The van der Waals surface area contributed by atoms with Crippen LogP contribution in [0, 0.1) is 5.92 Å². The molecule has 1 aliphatic rings. The number of hydrogen-bond acceptors (Lipinski definition) is 5. The summed E-state index contributed by atoms with van der Waals surface area (Å²) in [6.07, 6.45) is 0.715. The third-order valence-corrected chi connectivity index (χ3v) is 5.73. The molecule has 6 heteroatoms. The standard InChI is InChI=1S/C17H21NO3S2/c1-12(19)22-10-15-8-16(11-23-13(2)20)18(17(15)21)9-14-6-4-3-5-7-14/h3-7,15-16H,8-11H2,1-2H3. The van der Waals surface area contributed by atoms with Gasteiger partial charge in [0.1, 0.15) is 0 Å². The molecule has 0 radical (unpaired) electrons. The summed E-state index contributed by atoms with van der Waals surface area (Å²) in [5, 5.41) is 0.104. The van der Waals surface area contributed by atoms with Gasteiger partial charge in [-0.25, -0.2) is 0 Å². The van der Waals surface area contributed by atoms with Gasteiger partial charge in [-0.1, -0.05) is 53.9 Å².